The van der Waals surface area contributed by atoms with E-state index in [9.17, 15) is 9.59 Å². The predicted octanol–water partition coefficient (Wildman–Crippen LogP) is -4.32. The number of hydrogen-bond acceptors (Lipinski definition) is 4. The van der Waals surface area contributed by atoms with Crippen molar-refractivity contribution in [2.75, 3.05) is 55.5 Å². The summed E-state index contributed by atoms with van der Waals surface area (Å²) in [6.45, 7) is 0.708. The molecule has 0 saturated heterocycles. The highest BCUT2D eigenvalue weighted by Gasteiger charge is 2.26. The number of nitrogens with zero attached hydrogens (tertiary/aromatic N) is 2. The van der Waals surface area contributed by atoms with Crippen molar-refractivity contribution in [1.82, 2.24) is 0 Å². The Morgan fingerprint density at radius 1 is 0.679 bits per heavy atom. The molecule has 0 fully saturated rings. The summed E-state index contributed by atoms with van der Waals surface area (Å²) in [6, 6.07) is 0.482. The van der Waals surface area contributed by atoms with Gasteiger partial charge in [-0.3, -0.25) is 0 Å². The van der Waals surface area contributed by atoms with E-state index in [1.807, 2.05) is 0 Å². The maximum Gasteiger partial charge on any atom is 0.404 e. The Bertz CT molecular complexity index is 400. The largest absolute Gasteiger partial charge is 1.00 e. The smallest absolute Gasteiger partial charge is 0.404 e. The van der Waals surface area contributed by atoms with Gasteiger partial charge in [-0.1, -0.05) is 12.8 Å². The summed E-state index contributed by atoms with van der Waals surface area (Å²) in [7, 11) is 12.6. The zero-order chi connectivity index (χ0) is 20.4. The van der Waals surface area contributed by atoms with Gasteiger partial charge in [0.2, 0.25) is 0 Å². The molecular formula is C18H40Cl2N4O4. The van der Waals surface area contributed by atoms with Gasteiger partial charge in [0, 0.05) is 12.8 Å². The summed E-state index contributed by atoms with van der Waals surface area (Å²) in [5.41, 5.74) is 10.2. The van der Waals surface area contributed by atoms with Gasteiger partial charge in [0.1, 0.15) is 25.3 Å². The number of carbonyl (C=O) groups is 2. The van der Waals surface area contributed by atoms with Gasteiger partial charge in [-0.05, 0) is 12.8 Å². The molecule has 4 N–H and O–H groups in total. The summed E-state index contributed by atoms with van der Waals surface area (Å²) in [5.74, 6) is 0. The van der Waals surface area contributed by atoms with Crippen molar-refractivity contribution in [2.45, 2.75) is 50.6 Å². The van der Waals surface area contributed by atoms with Crippen LogP contribution in [-0.2, 0) is 9.47 Å². The van der Waals surface area contributed by atoms with Crippen LogP contribution in [0.3, 0.4) is 0 Å². The summed E-state index contributed by atoms with van der Waals surface area (Å²) >= 11 is 0. The Hall–Kier alpha value is -0.960. The van der Waals surface area contributed by atoms with E-state index in [1.165, 1.54) is 0 Å². The molecule has 10 heteroatoms. The fraction of sp³-hybridized carbons (Fsp3) is 0.889. The highest BCUT2D eigenvalue weighted by atomic mass is 35.5. The van der Waals surface area contributed by atoms with Crippen LogP contribution in [0.2, 0.25) is 0 Å². The number of quaternary nitrogens is 2. The number of nitrogens with two attached hydrogens (primary N) is 2. The molecule has 0 aromatic carbocycles. The molecule has 0 spiro atoms. The molecule has 2 unspecified atom stereocenters. The third-order valence-corrected chi connectivity index (χ3v) is 4.85. The first kappa shape index (κ1) is 31.7. The fourth-order valence-corrected chi connectivity index (χ4v) is 2.86. The Morgan fingerprint density at radius 2 is 0.964 bits per heavy atom. The summed E-state index contributed by atoms with van der Waals surface area (Å²) in [5, 5.41) is 0. The summed E-state index contributed by atoms with van der Waals surface area (Å²) in [6.07, 6.45) is 4.94. The number of likely N-dealkylation sites (N-methyl/N-ethyl adjacent to an activating group) is 2. The van der Waals surface area contributed by atoms with Crippen LogP contribution in [0.15, 0.2) is 0 Å². The average molecular weight is 447 g/mol. The Kier molecular flexibility index (Phi) is 16.9. The summed E-state index contributed by atoms with van der Waals surface area (Å²) in [4.78, 5) is 21.7. The lowest BCUT2D eigenvalue weighted by Crippen LogP contribution is -3.00. The number of amides is 2. The number of ether oxygens (including phenoxy) is 2. The second-order valence-corrected chi connectivity index (χ2v) is 8.79. The molecule has 2 atom stereocenters. The van der Waals surface area contributed by atoms with Crippen LogP contribution in [0.5, 0.6) is 0 Å². The van der Waals surface area contributed by atoms with Crippen molar-refractivity contribution in [3.8, 4) is 0 Å². The first-order valence-corrected chi connectivity index (χ1v) is 9.30. The van der Waals surface area contributed by atoms with Crippen LogP contribution >= 0.6 is 0 Å². The van der Waals surface area contributed by atoms with E-state index < -0.39 is 12.2 Å². The second-order valence-electron chi connectivity index (χ2n) is 8.79. The molecule has 0 aromatic heterocycles. The highest BCUT2D eigenvalue weighted by molar-refractivity contribution is 5.64. The highest BCUT2D eigenvalue weighted by Crippen LogP contribution is 2.17. The van der Waals surface area contributed by atoms with Gasteiger partial charge in [0.05, 0.1) is 42.3 Å². The van der Waals surface area contributed by atoms with Crippen LogP contribution < -0.4 is 36.3 Å². The molecule has 2 amide bonds. The van der Waals surface area contributed by atoms with Crippen LogP contribution in [0.4, 0.5) is 9.59 Å². The standard InChI is InChI=1S/C18H38N4O4.2ClH/c1-21(2,3)15(13-25-17(19)23)11-9-7-8-10-12-16(22(4,5)6)14-26-18(20)24;;/h15-16H,7-14H2,1-6H3,(H2-2,19,20,23,24);2*1H. The van der Waals surface area contributed by atoms with E-state index >= 15 is 0 Å². The van der Waals surface area contributed by atoms with E-state index in [0.29, 0.717) is 13.2 Å². The lowest BCUT2D eigenvalue weighted by molar-refractivity contribution is -0.896. The minimum Gasteiger partial charge on any atom is -1.00 e. The van der Waals surface area contributed by atoms with Crippen molar-refractivity contribution in [1.29, 1.82) is 0 Å². The van der Waals surface area contributed by atoms with Crippen molar-refractivity contribution in [2.24, 2.45) is 11.5 Å². The van der Waals surface area contributed by atoms with Crippen LogP contribution in [0.25, 0.3) is 0 Å². The van der Waals surface area contributed by atoms with E-state index in [-0.39, 0.29) is 36.9 Å². The number of primary amides is 2. The quantitative estimate of drug-likeness (QED) is 0.220. The monoisotopic (exact) mass is 446 g/mol. The third-order valence-electron chi connectivity index (χ3n) is 4.85. The number of halogens is 2. The first-order chi connectivity index (χ1) is 11.8. The topological polar surface area (TPSA) is 105 Å². The lowest BCUT2D eigenvalue weighted by Gasteiger charge is -2.34. The fourth-order valence-electron chi connectivity index (χ4n) is 2.86. The SMILES string of the molecule is C[N+](C)(C)C(CCCCCCC(COC(N)=O)[N+](C)(C)C)COC(N)=O.[Cl-].[Cl-]. The third kappa shape index (κ3) is 16.0. The van der Waals surface area contributed by atoms with Crippen LogP contribution in [0.1, 0.15) is 38.5 Å². The van der Waals surface area contributed by atoms with E-state index in [4.69, 9.17) is 20.9 Å². The number of carbonyl (C=O) groups excluding carboxylic acids is 2. The molecule has 0 rings (SSSR count). The van der Waals surface area contributed by atoms with Crippen LogP contribution in [-0.4, -0.2) is 88.7 Å². The Balaban J connectivity index is -0.00000312. The van der Waals surface area contributed by atoms with Crippen LogP contribution in [0, 0.1) is 0 Å². The molecule has 8 nitrogen and oxygen atoms in total. The zero-order valence-corrected chi connectivity index (χ0v) is 19.8. The molecule has 0 aliphatic rings. The first-order valence-electron chi connectivity index (χ1n) is 9.30. The van der Waals surface area contributed by atoms with Crippen molar-refractivity contribution >= 4 is 12.2 Å². The minimum atomic E-state index is -0.715. The molecule has 0 saturated carbocycles. The normalized spacial score (nSPS) is 13.5. The molecule has 0 heterocycles. The zero-order valence-electron chi connectivity index (χ0n) is 18.2. The maximum absolute atomic E-state index is 10.8. The molecule has 0 bridgehead atoms. The van der Waals surface area contributed by atoms with E-state index in [2.05, 4.69) is 42.3 Å². The van der Waals surface area contributed by atoms with Gasteiger partial charge in [-0.2, -0.15) is 0 Å². The molecule has 28 heavy (non-hydrogen) atoms. The van der Waals surface area contributed by atoms with Gasteiger partial charge < -0.3 is 54.7 Å². The van der Waals surface area contributed by atoms with Crippen molar-refractivity contribution < 1.29 is 52.8 Å². The van der Waals surface area contributed by atoms with Crippen molar-refractivity contribution in [3.63, 3.8) is 0 Å². The number of unbranched alkanes of at least 4 members (excludes halogenated alkanes) is 3. The van der Waals surface area contributed by atoms with Gasteiger partial charge >= 0.3 is 12.2 Å². The van der Waals surface area contributed by atoms with Gasteiger partial charge in [-0.25, -0.2) is 9.59 Å². The average Bonchev–Trinajstić information content (AvgIpc) is 2.45. The molecule has 0 aromatic rings. The van der Waals surface area contributed by atoms with Crippen molar-refractivity contribution in [3.05, 3.63) is 0 Å². The summed E-state index contributed by atoms with van der Waals surface area (Å²) < 4.78 is 11.5. The predicted molar refractivity (Wildman–Crippen MR) is 102 cm³/mol. The van der Waals surface area contributed by atoms with Gasteiger partial charge in [0.15, 0.2) is 0 Å². The Morgan fingerprint density at radius 3 is 1.18 bits per heavy atom. The second kappa shape index (κ2) is 15.0. The Labute approximate surface area is 182 Å². The maximum atomic E-state index is 10.8. The molecule has 0 aliphatic heterocycles. The molecular weight excluding hydrogens is 407 g/mol. The van der Waals surface area contributed by atoms with E-state index in [0.717, 1.165) is 47.5 Å². The molecule has 0 radical (unpaired) electrons. The van der Waals surface area contributed by atoms with E-state index in [1.54, 1.807) is 0 Å². The molecule has 0 aliphatic carbocycles. The number of hydrogen-bond donors (Lipinski definition) is 2. The van der Waals surface area contributed by atoms with Gasteiger partial charge in [0.25, 0.3) is 0 Å². The van der Waals surface area contributed by atoms with Gasteiger partial charge in [-0.15, -0.1) is 0 Å². The minimum absolute atomic E-state index is 0. The molecule has 170 valence electrons. The lowest BCUT2D eigenvalue weighted by atomic mass is 10.0. The number of rotatable bonds is 13.